The molecule has 4 heteroatoms. The van der Waals surface area contributed by atoms with E-state index in [1.165, 1.54) is 0 Å². The van der Waals surface area contributed by atoms with E-state index in [1.807, 2.05) is 30.3 Å². The Morgan fingerprint density at radius 1 is 1.00 bits per heavy atom. The van der Waals surface area contributed by atoms with Crippen LogP contribution < -0.4 is 4.74 Å². The van der Waals surface area contributed by atoms with E-state index in [4.69, 9.17) is 9.47 Å². The molecule has 0 saturated carbocycles. The van der Waals surface area contributed by atoms with Gasteiger partial charge in [0.15, 0.2) is 5.78 Å². The van der Waals surface area contributed by atoms with Crippen LogP contribution in [-0.4, -0.2) is 25.5 Å². The number of rotatable bonds is 7. The first-order chi connectivity index (χ1) is 11.2. The van der Waals surface area contributed by atoms with Crippen molar-refractivity contribution >= 4 is 11.8 Å². The average Bonchev–Trinajstić information content (AvgIpc) is 2.60. The van der Waals surface area contributed by atoms with Gasteiger partial charge in [-0.2, -0.15) is 0 Å². The fraction of sp³-hybridized carbons (Fsp3) is 0.263. The Kier molecular flexibility index (Phi) is 5.92. The number of methoxy groups -OCH3 is 1. The monoisotopic (exact) mass is 312 g/mol. The summed E-state index contributed by atoms with van der Waals surface area (Å²) >= 11 is 0. The van der Waals surface area contributed by atoms with E-state index in [2.05, 4.69) is 0 Å². The maximum Gasteiger partial charge on any atom is 0.306 e. The van der Waals surface area contributed by atoms with E-state index in [9.17, 15) is 9.59 Å². The zero-order valence-electron chi connectivity index (χ0n) is 13.3. The van der Waals surface area contributed by atoms with Crippen molar-refractivity contribution in [2.75, 3.05) is 13.7 Å². The molecule has 0 saturated heterocycles. The molecule has 2 rings (SSSR count). The Labute approximate surface area is 136 Å². The van der Waals surface area contributed by atoms with Crippen LogP contribution in [0.4, 0.5) is 0 Å². The standard InChI is InChI=1S/C19H20O4/c1-3-23-18(20)13-17(14-7-5-4-6-8-14)19(21)15-9-11-16(22-2)12-10-15/h4-12,17H,3,13H2,1-2H3. The minimum absolute atomic E-state index is 0.0305. The molecule has 0 aliphatic rings. The molecule has 1 unspecified atom stereocenters. The Morgan fingerprint density at radius 3 is 2.22 bits per heavy atom. The van der Waals surface area contributed by atoms with Crippen molar-refractivity contribution in [3.8, 4) is 5.75 Å². The lowest BCUT2D eigenvalue weighted by molar-refractivity contribution is -0.143. The molecule has 2 aromatic carbocycles. The van der Waals surface area contributed by atoms with Gasteiger partial charge in [0.2, 0.25) is 0 Å². The molecular formula is C19H20O4. The molecular weight excluding hydrogens is 292 g/mol. The van der Waals surface area contributed by atoms with Gasteiger partial charge in [0.05, 0.1) is 26.1 Å². The SMILES string of the molecule is CCOC(=O)CC(C(=O)c1ccc(OC)cc1)c1ccccc1. The van der Waals surface area contributed by atoms with Crippen LogP contribution in [0.1, 0.15) is 35.2 Å². The smallest absolute Gasteiger partial charge is 0.306 e. The second-order valence-electron chi connectivity index (χ2n) is 5.07. The Hall–Kier alpha value is -2.62. The van der Waals surface area contributed by atoms with Crippen molar-refractivity contribution in [2.45, 2.75) is 19.3 Å². The van der Waals surface area contributed by atoms with Crippen LogP contribution in [0.15, 0.2) is 54.6 Å². The summed E-state index contributed by atoms with van der Waals surface area (Å²) < 4.78 is 10.1. The summed E-state index contributed by atoms with van der Waals surface area (Å²) in [4.78, 5) is 24.7. The molecule has 0 spiro atoms. The third kappa shape index (κ3) is 4.42. The van der Waals surface area contributed by atoms with Gasteiger partial charge in [-0.3, -0.25) is 9.59 Å². The van der Waals surface area contributed by atoms with Gasteiger partial charge in [-0.25, -0.2) is 0 Å². The minimum atomic E-state index is -0.552. The fourth-order valence-electron chi connectivity index (χ4n) is 2.39. The van der Waals surface area contributed by atoms with E-state index in [0.717, 1.165) is 5.56 Å². The van der Waals surface area contributed by atoms with Gasteiger partial charge in [-0.1, -0.05) is 30.3 Å². The topological polar surface area (TPSA) is 52.6 Å². The normalized spacial score (nSPS) is 11.6. The number of hydrogen-bond donors (Lipinski definition) is 0. The molecule has 0 amide bonds. The van der Waals surface area contributed by atoms with Crippen molar-refractivity contribution in [1.29, 1.82) is 0 Å². The van der Waals surface area contributed by atoms with Gasteiger partial charge in [0.1, 0.15) is 5.75 Å². The molecule has 0 bridgehead atoms. The molecule has 0 heterocycles. The zero-order valence-corrected chi connectivity index (χ0v) is 13.3. The van der Waals surface area contributed by atoms with Gasteiger partial charge >= 0.3 is 5.97 Å². The summed E-state index contributed by atoms with van der Waals surface area (Å²) in [7, 11) is 1.57. The van der Waals surface area contributed by atoms with Crippen LogP contribution in [-0.2, 0) is 9.53 Å². The molecule has 120 valence electrons. The summed E-state index contributed by atoms with van der Waals surface area (Å²) in [6, 6.07) is 16.2. The second kappa shape index (κ2) is 8.13. The summed E-state index contributed by atoms with van der Waals surface area (Å²) in [5.74, 6) is -0.345. The molecule has 0 aliphatic carbocycles. The first kappa shape index (κ1) is 16.7. The lowest BCUT2D eigenvalue weighted by Crippen LogP contribution is -2.18. The second-order valence-corrected chi connectivity index (χ2v) is 5.07. The first-order valence-corrected chi connectivity index (χ1v) is 7.54. The van der Waals surface area contributed by atoms with E-state index >= 15 is 0 Å². The number of esters is 1. The molecule has 23 heavy (non-hydrogen) atoms. The van der Waals surface area contributed by atoms with Crippen molar-refractivity contribution in [2.24, 2.45) is 0 Å². The van der Waals surface area contributed by atoms with Crippen LogP contribution in [0.3, 0.4) is 0 Å². The van der Waals surface area contributed by atoms with E-state index in [0.29, 0.717) is 17.9 Å². The van der Waals surface area contributed by atoms with E-state index in [-0.39, 0.29) is 18.2 Å². The molecule has 0 aromatic heterocycles. The lowest BCUT2D eigenvalue weighted by atomic mass is 9.88. The molecule has 2 aromatic rings. The van der Waals surface area contributed by atoms with Gasteiger partial charge in [-0.15, -0.1) is 0 Å². The van der Waals surface area contributed by atoms with Gasteiger partial charge in [-0.05, 0) is 36.8 Å². The number of ketones is 1. The third-order valence-electron chi connectivity index (χ3n) is 3.57. The summed E-state index contributed by atoms with van der Waals surface area (Å²) in [6.45, 7) is 2.05. The first-order valence-electron chi connectivity index (χ1n) is 7.54. The van der Waals surface area contributed by atoms with Gasteiger partial charge in [0.25, 0.3) is 0 Å². The Bertz CT molecular complexity index is 647. The Balaban J connectivity index is 2.28. The van der Waals surface area contributed by atoms with E-state index in [1.54, 1.807) is 38.3 Å². The number of carbonyl (C=O) groups is 2. The molecule has 0 fully saturated rings. The highest BCUT2D eigenvalue weighted by Gasteiger charge is 2.25. The predicted octanol–water partition coefficient (Wildman–Crippen LogP) is 3.61. The maximum atomic E-state index is 12.8. The average molecular weight is 312 g/mol. The van der Waals surface area contributed by atoms with Crippen LogP contribution in [0.5, 0.6) is 5.75 Å². The number of ether oxygens (including phenoxy) is 2. The fourth-order valence-corrected chi connectivity index (χ4v) is 2.39. The van der Waals surface area contributed by atoms with Crippen molar-refractivity contribution in [1.82, 2.24) is 0 Å². The highest BCUT2D eigenvalue weighted by atomic mass is 16.5. The Morgan fingerprint density at radius 2 is 1.65 bits per heavy atom. The number of Topliss-reactive ketones (excluding diaryl/α,β-unsaturated/α-hetero) is 1. The van der Waals surface area contributed by atoms with Crippen LogP contribution in [0, 0.1) is 0 Å². The summed E-state index contributed by atoms with van der Waals surface area (Å²) in [6.07, 6.45) is 0.0305. The van der Waals surface area contributed by atoms with E-state index < -0.39 is 5.92 Å². The highest BCUT2D eigenvalue weighted by molar-refractivity contribution is 6.02. The zero-order chi connectivity index (χ0) is 16.7. The van der Waals surface area contributed by atoms with Crippen LogP contribution >= 0.6 is 0 Å². The molecule has 4 nitrogen and oxygen atoms in total. The van der Waals surface area contributed by atoms with Crippen molar-refractivity contribution in [3.63, 3.8) is 0 Å². The van der Waals surface area contributed by atoms with Crippen molar-refractivity contribution < 1.29 is 19.1 Å². The molecule has 0 aliphatic heterocycles. The summed E-state index contributed by atoms with van der Waals surface area (Å²) in [5, 5.41) is 0. The number of carbonyl (C=O) groups excluding carboxylic acids is 2. The predicted molar refractivity (Wildman–Crippen MR) is 87.8 cm³/mol. The third-order valence-corrected chi connectivity index (χ3v) is 3.57. The van der Waals surface area contributed by atoms with Gasteiger partial charge < -0.3 is 9.47 Å². The van der Waals surface area contributed by atoms with Crippen LogP contribution in [0.2, 0.25) is 0 Å². The summed E-state index contributed by atoms with van der Waals surface area (Å²) in [5.41, 5.74) is 1.35. The molecule has 0 N–H and O–H groups in total. The molecule has 1 atom stereocenters. The largest absolute Gasteiger partial charge is 0.497 e. The quantitative estimate of drug-likeness (QED) is 0.579. The maximum absolute atomic E-state index is 12.8. The van der Waals surface area contributed by atoms with Gasteiger partial charge in [0, 0.05) is 5.56 Å². The molecule has 0 radical (unpaired) electrons. The van der Waals surface area contributed by atoms with Crippen LogP contribution in [0.25, 0.3) is 0 Å². The van der Waals surface area contributed by atoms with Crippen molar-refractivity contribution in [3.05, 3.63) is 65.7 Å². The lowest BCUT2D eigenvalue weighted by Gasteiger charge is -2.16. The highest BCUT2D eigenvalue weighted by Crippen LogP contribution is 2.26. The number of hydrogen-bond acceptors (Lipinski definition) is 4. The number of benzene rings is 2. The minimum Gasteiger partial charge on any atom is -0.497 e.